The lowest BCUT2D eigenvalue weighted by molar-refractivity contribution is 0.0618. The van der Waals surface area contributed by atoms with Crippen LogP contribution in [0.25, 0.3) is 10.9 Å². The Hall–Kier alpha value is -3.00. The molecule has 1 aromatic carbocycles. The number of aryl methyl sites for hydroxylation is 3. The maximum Gasteiger partial charge on any atom is 0.261 e. The second kappa shape index (κ2) is 9.09. The standard InChI is InChI=1S/C25H31N5O3/c1-17-18(2)33-23(26-17)16-28-11-13-29(14-12-28)24(31)19-8-9-20-21(15-19)27-22-7-5-3-4-6-10-30(22)25(20)32/h8-9,15H,3-7,10-14,16H2,1-2H3. The second-order valence-electron chi connectivity index (χ2n) is 9.20. The highest BCUT2D eigenvalue weighted by atomic mass is 16.4. The molecule has 33 heavy (non-hydrogen) atoms. The van der Waals surface area contributed by atoms with Crippen molar-refractivity contribution in [2.45, 2.75) is 59.0 Å². The van der Waals surface area contributed by atoms with Crippen molar-refractivity contribution in [3.8, 4) is 0 Å². The maximum atomic E-state index is 13.2. The Morgan fingerprint density at radius 2 is 1.79 bits per heavy atom. The minimum Gasteiger partial charge on any atom is -0.444 e. The van der Waals surface area contributed by atoms with Crippen molar-refractivity contribution in [1.82, 2.24) is 24.3 Å². The zero-order valence-electron chi connectivity index (χ0n) is 19.5. The Morgan fingerprint density at radius 1 is 1.00 bits per heavy atom. The number of hydrogen-bond donors (Lipinski definition) is 0. The van der Waals surface area contributed by atoms with E-state index in [1.807, 2.05) is 23.3 Å². The lowest BCUT2D eigenvalue weighted by Crippen LogP contribution is -2.48. The summed E-state index contributed by atoms with van der Waals surface area (Å²) in [6, 6.07) is 5.34. The van der Waals surface area contributed by atoms with Gasteiger partial charge in [-0.3, -0.25) is 19.1 Å². The molecule has 174 valence electrons. The summed E-state index contributed by atoms with van der Waals surface area (Å²) in [5.41, 5.74) is 2.17. The molecule has 0 saturated carbocycles. The molecule has 0 radical (unpaired) electrons. The van der Waals surface area contributed by atoms with Crippen LogP contribution in [0.3, 0.4) is 0 Å². The summed E-state index contributed by atoms with van der Waals surface area (Å²) in [6.45, 7) is 8.10. The van der Waals surface area contributed by atoms with E-state index in [9.17, 15) is 9.59 Å². The highest BCUT2D eigenvalue weighted by Crippen LogP contribution is 2.18. The molecule has 3 aromatic rings. The van der Waals surface area contributed by atoms with Crippen LogP contribution in [-0.4, -0.2) is 56.4 Å². The lowest BCUT2D eigenvalue weighted by atomic mass is 10.1. The fourth-order valence-electron chi connectivity index (χ4n) is 4.82. The van der Waals surface area contributed by atoms with Crippen LogP contribution in [0.4, 0.5) is 0 Å². The molecule has 0 aliphatic carbocycles. The molecule has 0 spiro atoms. The van der Waals surface area contributed by atoms with Gasteiger partial charge in [0.05, 0.1) is 23.1 Å². The molecule has 2 aliphatic rings. The molecule has 1 fully saturated rings. The van der Waals surface area contributed by atoms with Gasteiger partial charge >= 0.3 is 0 Å². The van der Waals surface area contributed by atoms with Gasteiger partial charge in [0.15, 0.2) is 0 Å². The first kappa shape index (κ1) is 21.8. The molecule has 1 amide bonds. The van der Waals surface area contributed by atoms with Crippen LogP contribution in [-0.2, 0) is 19.5 Å². The van der Waals surface area contributed by atoms with Gasteiger partial charge in [-0.1, -0.05) is 12.8 Å². The van der Waals surface area contributed by atoms with Crippen LogP contribution in [0.5, 0.6) is 0 Å². The van der Waals surface area contributed by atoms with Gasteiger partial charge in [0.2, 0.25) is 5.89 Å². The summed E-state index contributed by atoms with van der Waals surface area (Å²) >= 11 is 0. The van der Waals surface area contributed by atoms with E-state index in [1.54, 1.807) is 18.2 Å². The third kappa shape index (κ3) is 4.44. The molecular weight excluding hydrogens is 418 g/mol. The van der Waals surface area contributed by atoms with Gasteiger partial charge < -0.3 is 9.32 Å². The molecule has 8 nitrogen and oxygen atoms in total. The van der Waals surface area contributed by atoms with E-state index < -0.39 is 0 Å². The zero-order valence-corrected chi connectivity index (χ0v) is 19.5. The average Bonchev–Trinajstić information content (AvgIpc) is 3.11. The minimum absolute atomic E-state index is 0.00647. The van der Waals surface area contributed by atoms with Crippen LogP contribution in [0.2, 0.25) is 0 Å². The Balaban J connectivity index is 1.30. The molecule has 8 heteroatoms. The van der Waals surface area contributed by atoms with Crippen molar-refractivity contribution < 1.29 is 9.21 Å². The highest BCUT2D eigenvalue weighted by Gasteiger charge is 2.24. The smallest absolute Gasteiger partial charge is 0.261 e. The van der Waals surface area contributed by atoms with Crippen LogP contribution >= 0.6 is 0 Å². The fraction of sp³-hybridized carbons (Fsp3) is 0.520. The predicted octanol–water partition coefficient (Wildman–Crippen LogP) is 3.08. The largest absolute Gasteiger partial charge is 0.444 e. The van der Waals surface area contributed by atoms with Crippen LogP contribution in [0, 0.1) is 13.8 Å². The number of aromatic nitrogens is 3. The SMILES string of the molecule is Cc1nc(CN2CCN(C(=O)c3ccc4c(=O)n5c(nc4c3)CCCCCC5)CC2)oc1C. The molecule has 0 atom stereocenters. The number of amides is 1. The fourth-order valence-corrected chi connectivity index (χ4v) is 4.82. The number of nitrogens with zero attached hydrogens (tertiary/aromatic N) is 5. The van der Waals surface area contributed by atoms with Crippen molar-refractivity contribution in [1.29, 1.82) is 0 Å². The third-order valence-corrected chi connectivity index (χ3v) is 6.90. The van der Waals surface area contributed by atoms with E-state index >= 15 is 0 Å². The number of hydrogen-bond acceptors (Lipinski definition) is 6. The van der Waals surface area contributed by atoms with Crippen LogP contribution in [0.1, 0.15) is 59.2 Å². The number of benzene rings is 1. The van der Waals surface area contributed by atoms with Crippen molar-refractivity contribution in [3.63, 3.8) is 0 Å². The Bertz CT molecular complexity index is 1220. The Kier molecular flexibility index (Phi) is 6.01. The van der Waals surface area contributed by atoms with Crippen molar-refractivity contribution in [3.05, 3.63) is 57.3 Å². The number of piperazine rings is 1. The van der Waals surface area contributed by atoms with Crippen LogP contribution in [0.15, 0.2) is 27.4 Å². The number of carbonyl (C=O) groups is 1. The normalized spacial score (nSPS) is 17.6. The van der Waals surface area contributed by atoms with Crippen molar-refractivity contribution in [2.24, 2.45) is 0 Å². The number of carbonyl (C=O) groups excluding carboxylic acids is 1. The van der Waals surface area contributed by atoms with Gasteiger partial charge in [-0.2, -0.15) is 0 Å². The zero-order chi connectivity index (χ0) is 22.9. The summed E-state index contributed by atoms with van der Waals surface area (Å²) in [6.07, 6.45) is 5.20. The number of oxazole rings is 1. The first-order valence-corrected chi connectivity index (χ1v) is 12.0. The maximum absolute atomic E-state index is 13.2. The molecule has 1 saturated heterocycles. The number of rotatable bonds is 3. The molecular formula is C25H31N5O3. The molecule has 2 aliphatic heterocycles. The quantitative estimate of drug-likeness (QED) is 0.611. The van der Waals surface area contributed by atoms with Gasteiger partial charge in [0.1, 0.15) is 11.6 Å². The highest BCUT2D eigenvalue weighted by molar-refractivity contribution is 5.97. The molecule has 0 unspecified atom stereocenters. The van der Waals surface area contributed by atoms with E-state index in [4.69, 9.17) is 9.40 Å². The first-order chi connectivity index (χ1) is 16.0. The minimum atomic E-state index is -0.00647. The van der Waals surface area contributed by atoms with Crippen LogP contribution < -0.4 is 5.56 Å². The van der Waals surface area contributed by atoms with Gasteiger partial charge in [-0.25, -0.2) is 9.97 Å². The summed E-state index contributed by atoms with van der Waals surface area (Å²) in [5.74, 6) is 2.43. The van der Waals surface area contributed by atoms with Gasteiger partial charge in [0, 0.05) is 44.7 Å². The van der Waals surface area contributed by atoms with Gasteiger partial charge in [0.25, 0.3) is 11.5 Å². The summed E-state index contributed by atoms with van der Waals surface area (Å²) in [4.78, 5) is 39.6. The van der Waals surface area contributed by atoms with E-state index in [-0.39, 0.29) is 11.5 Å². The number of fused-ring (bicyclic) bond motifs is 2. The van der Waals surface area contributed by atoms with Gasteiger partial charge in [-0.15, -0.1) is 0 Å². The van der Waals surface area contributed by atoms with Crippen molar-refractivity contribution in [2.75, 3.05) is 26.2 Å². The van der Waals surface area contributed by atoms with E-state index in [1.165, 1.54) is 6.42 Å². The van der Waals surface area contributed by atoms with E-state index in [2.05, 4.69) is 9.88 Å². The van der Waals surface area contributed by atoms with Gasteiger partial charge in [-0.05, 0) is 44.9 Å². The first-order valence-electron chi connectivity index (χ1n) is 12.0. The second-order valence-corrected chi connectivity index (χ2v) is 9.20. The monoisotopic (exact) mass is 449 g/mol. The van der Waals surface area contributed by atoms with Crippen molar-refractivity contribution >= 4 is 16.8 Å². The Morgan fingerprint density at radius 3 is 2.55 bits per heavy atom. The summed E-state index contributed by atoms with van der Waals surface area (Å²) in [7, 11) is 0. The molecule has 4 heterocycles. The molecule has 5 rings (SSSR count). The predicted molar refractivity (Wildman–Crippen MR) is 125 cm³/mol. The Labute approximate surface area is 193 Å². The third-order valence-electron chi connectivity index (χ3n) is 6.90. The lowest BCUT2D eigenvalue weighted by Gasteiger charge is -2.34. The molecule has 0 N–H and O–H groups in total. The molecule has 0 bridgehead atoms. The van der Waals surface area contributed by atoms with E-state index in [0.717, 1.165) is 68.5 Å². The molecule has 2 aromatic heterocycles. The average molecular weight is 450 g/mol. The summed E-state index contributed by atoms with van der Waals surface area (Å²) in [5, 5.41) is 0.595. The van der Waals surface area contributed by atoms with E-state index in [0.29, 0.717) is 36.1 Å². The topological polar surface area (TPSA) is 84.5 Å². The summed E-state index contributed by atoms with van der Waals surface area (Å²) < 4.78 is 7.53.